The molecule has 3 atom stereocenters. The van der Waals surface area contributed by atoms with E-state index in [1.54, 1.807) is 0 Å². The molecule has 0 amide bonds. The Balaban J connectivity index is 1.96. The van der Waals surface area contributed by atoms with Crippen LogP contribution in [-0.2, 0) is 0 Å². The largest absolute Gasteiger partial charge is 0.387 e. The SMILES string of the molecule is CCC1CCNC(C2(O)CCNC2)C1. The van der Waals surface area contributed by atoms with E-state index in [1.807, 2.05) is 0 Å². The van der Waals surface area contributed by atoms with Crippen LogP contribution in [0.5, 0.6) is 0 Å². The average Bonchev–Trinajstić information content (AvgIpc) is 2.67. The Labute approximate surface area is 86.3 Å². The molecular weight excluding hydrogens is 176 g/mol. The van der Waals surface area contributed by atoms with Crippen molar-refractivity contribution in [2.45, 2.75) is 44.2 Å². The lowest BCUT2D eigenvalue weighted by atomic mass is 9.81. The zero-order chi connectivity index (χ0) is 10.0. The lowest BCUT2D eigenvalue weighted by Crippen LogP contribution is -2.55. The van der Waals surface area contributed by atoms with Gasteiger partial charge in [0.15, 0.2) is 0 Å². The molecule has 3 heteroatoms. The summed E-state index contributed by atoms with van der Waals surface area (Å²) in [5.41, 5.74) is -0.478. The molecular formula is C11H22N2O. The van der Waals surface area contributed by atoms with E-state index in [0.717, 1.165) is 38.4 Å². The monoisotopic (exact) mass is 198 g/mol. The summed E-state index contributed by atoms with van der Waals surface area (Å²) in [6, 6.07) is 0.316. The van der Waals surface area contributed by atoms with Gasteiger partial charge in [-0.25, -0.2) is 0 Å². The molecule has 0 aromatic rings. The third-order valence-corrected chi connectivity index (χ3v) is 3.90. The summed E-state index contributed by atoms with van der Waals surface area (Å²) in [6.07, 6.45) is 4.58. The van der Waals surface area contributed by atoms with Gasteiger partial charge in [-0.2, -0.15) is 0 Å². The second kappa shape index (κ2) is 4.17. The maximum atomic E-state index is 10.4. The van der Waals surface area contributed by atoms with Crippen LogP contribution in [-0.4, -0.2) is 36.4 Å². The van der Waals surface area contributed by atoms with Crippen LogP contribution in [0.4, 0.5) is 0 Å². The van der Waals surface area contributed by atoms with Gasteiger partial charge in [0.1, 0.15) is 0 Å². The Bertz CT molecular complexity index is 190. The third-order valence-electron chi connectivity index (χ3n) is 3.90. The van der Waals surface area contributed by atoms with E-state index in [-0.39, 0.29) is 0 Å². The second-order valence-electron chi connectivity index (χ2n) is 4.84. The average molecular weight is 198 g/mol. The molecule has 0 aromatic heterocycles. The number of rotatable bonds is 2. The highest BCUT2D eigenvalue weighted by Crippen LogP contribution is 2.29. The van der Waals surface area contributed by atoms with E-state index in [1.165, 1.54) is 12.8 Å². The van der Waals surface area contributed by atoms with Crippen LogP contribution in [0.25, 0.3) is 0 Å². The minimum absolute atomic E-state index is 0.316. The highest BCUT2D eigenvalue weighted by atomic mass is 16.3. The van der Waals surface area contributed by atoms with Gasteiger partial charge in [0.2, 0.25) is 0 Å². The summed E-state index contributed by atoms with van der Waals surface area (Å²) in [6.45, 7) is 5.06. The van der Waals surface area contributed by atoms with Crippen LogP contribution in [0.1, 0.15) is 32.6 Å². The highest BCUT2D eigenvalue weighted by Gasteiger charge is 2.41. The van der Waals surface area contributed by atoms with Crippen molar-refractivity contribution in [2.24, 2.45) is 5.92 Å². The standard InChI is InChI=1S/C11H22N2O/c1-2-9-3-5-13-10(7-9)11(14)4-6-12-8-11/h9-10,12-14H,2-8H2,1H3. The Hall–Kier alpha value is -0.120. The molecule has 82 valence electrons. The maximum Gasteiger partial charge on any atom is 0.0935 e. The molecule has 0 spiro atoms. The number of piperidine rings is 1. The van der Waals surface area contributed by atoms with Crippen LogP contribution in [0.2, 0.25) is 0 Å². The first kappa shape index (κ1) is 10.4. The molecule has 3 nitrogen and oxygen atoms in total. The topological polar surface area (TPSA) is 44.3 Å². The smallest absolute Gasteiger partial charge is 0.0935 e. The summed E-state index contributed by atoms with van der Waals surface area (Å²) in [7, 11) is 0. The van der Waals surface area contributed by atoms with Crippen molar-refractivity contribution >= 4 is 0 Å². The first-order valence-electron chi connectivity index (χ1n) is 5.91. The minimum atomic E-state index is -0.478. The predicted molar refractivity (Wildman–Crippen MR) is 57.2 cm³/mol. The summed E-state index contributed by atoms with van der Waals surface area (Å²) in [4.78, 5) is 0. The van der Waals surface area contributed by atoms with Gasteiger partial charge in [-0.15, -0.1) is 0 Å². The van der Waals surface area contributed by atoms with Gasteiger partial charge in [0.25, 0.3) is 0 Å². The molecule has 2 heterocycles. The third kappa shape index (κ3) is 1.95. The van der Waals surface area contributed by atoms with Crippen LogP contribution >= 0.6 is 0 Å². The number of hydrogen-bond acceptors (Lipinski definition) is 3. The van der Waals surface area contributed by atoms with Gasteiger partial charge >= 0.3 is 0 Å². The number of β-amino-alcohol motifs (C(OH)–C–C–N with tert-alkyl or cyclic N) is 1. The molecule has 0 saturated carbocycles. The highest BCUT2D eigenvalue weighted by molar-refractivity contribution is 5.00. The van der Waals surface area contributed by atoms with Gasteiger partial charge in [-0.1, -0.05) is 13.3 Å². The molecule has 2 rings (SSSR count). The van der Waals surface area contributed by atoms with Crippen molar-refractivity contribution in [2.75, 3.05) is 19.6 Å². The Morgan fingerprint density at radius 3 is 2.93 bits per heavy atom. The zero-order valence-corrected chi connectivity index (χ0v) is 9.05. The Morgan fingerprint density at radius 1 is 1.43 bits per heavy atom. The Kier molecular flexibility index (Phi) is 3.10. The molecule has 14 heavy (non-hydrogen) atoms. The van der Waals surface area contributed by atoms with Crippen molar-refractivity contribution in [3.05, 3.63) is 0 Å². The lowest BCUT2D eigenvalue weighted by Gasteiger charge is -2.38. The fourth-order valence-electron chi connectivity index (χ4n) is 2.77. The lowest BCUT2D eigenvalue weighted by molar-refractivity contribution is 0.00268. The predicted octanol–water partition coefficient (Wildman–Crippen LogP) is 0.489. The molecule has 2 fully saturated rings. The van der Waals surface area contributed by atoms with Gasteiger partial charge in [-0.3, -0.25) is 0 Å². The molecule has 2 saturated heterocycles. The molecule has 0 aromatic carbocycles. The first-order valence-corrected chi connectivity index (χ1v) is 5.91. The van der Waals surface area contributed by atoms with Crippen LogP contribution in [0, 0.1) is 5.92 Å². The first-order chi connectivity index (χ1) is 6.74. The van der Waals surface area contributed by atoms with E-state index in [9.17, 15) is 5.11 Å². The van der Waals surface area contributed by atoms with E-state index < -0.39 is 5.60 Å². The minimum Gasteiger partial charge on any atom is -0.387 e. The van der Waals surface area contributed by atoms with Gasteiger partial charge in [0.05, 0.1) is 5.60 Å². The molecule has 3 N–H and O–H groups in total. The summed E-state index contributed by atoms with van der Waals surface area (Å²) < 4.78 is 0. The molecule has 2 aliphatic rings. The molecule has 0 radical (unpaired) electrons. The summed E-state index contributed by atoms with van der Waals surface area (Å²) in [5.74, 6) is 0.811. The van der Waals surface area contributed by atoms with Crippen molar-refractivity contribution < 1.29 is 5.11 Å². The zero-order valence-electron chi connectivity index (χ0n) is 9.05. The van der Waals surface area contributed by atoms with E-state index in [2.05, 4.69) is 17.6 Å². The normalized spacial score (nSPS) is 44.1. The summed E-state index contributed by atoms with van der Waals surface area (Å²) >= 11 is 0. The van der Waals surface area contributed by atoms with Crippen LogP contribution < -0.4 is 10.6 Å². The van der Waals surface area contributed by atoms with E-state index >= 15 is 0 Å². The number of hydrogen-bond donors (Lipinski definition) is 3. The van der Waals surface area contributed by atoms with E-state index in [0.29, 0.717) is 6.04 Å². The second-order valence-corrected chi connectivity index (χ2v) is 4.84. The molecule has 0 bridgehead atoms. The summed E-state index contributed by atoms with van der Waals surface area (Å²) in [5, 5.41) is 17.1. The Morgan fingerprint density at radius 2 is 2.29 bits per heavy atom. The van der Waals surface area contributed by atoms with Gasteiger partial charge in [-0.05, 0) is 38.3 Å². The van der Waals surface area contributed by atoms with Crippen molar-refractivity contribution in [1.29, 1.82) is 0 Å². The van der Waals surface area contributed by atoms with Crippen molar-refractivity contribution in [3.8, 4) is 0 Å². The molecule has 2 aliphatic heterocycles. The quantitative estimate of drug-likeness (QED) is 0.605. The fraction of sp³-hybridized carbons (Fsp3) is 1.00. The van der Waals surface area contributed by atoms with Crippen LogP contribution in [0.3, 0.4) is 0 Å². The van der Waals surface area contributed by atoms with Gasteiger partial charge < -0.3 is 15.7 Å². The maximum absolute atomic E-state index is 10.4. The van der Waals surface area contributed by atoms with Crippen molar-refractivity contribution in [3.63, 3.8) is 0 Å². The van der Waals surface area contributed by atoms with Crippen molar-refractivity contribution in [1.82, 2.24) is 10.6 Å². The van der Waals surface area contributed by atoms with Crippen LogP contribution in [0.15, 0.2) is 0 Å². The van der Waals surface area contributed by atoms with E-state index in [4.69, 9.17) is 0 Å². The number of nitrogens with one attached hydrogen (secondary N) is 2. The number of aliphatic hydroxyl groups is 1. The van der Waals surface area contributed by atoms with Gasteiger partial charge in [0, 0.05) is 12.6 Å². The fourth-order valence-corrected chi connectivity index (χ4v) is 2.77. The molecule has 0 aliphatic carbocycles. The molecule has 3 unspecified atom stereocenters.